The molecule has 0 unspecified atom stereocenters. The van der Waals surface area contributed by atoms with E-state index < -0.39 is 0 Å². The van der Waals surface area contributed by atoms with Crippen LogP contribution in [-0.2, 0) is 12.8 Å². The summed E-state index contributed by atoms with van der Waals surface area (Å²) in [6, 6.07) is 4.78. The van der Waals surface area contributed by atoms with Gasteiger partial charge in [0.25, 0.3) is 0 Å². The van der Waals surface area contributed by atoms with E-state index in [1.165, 1.54) is 27.8 Å². The minimum atomic E-state index is 0.566. The molecule has 0 spiro atoms. The Labute approximate surface area is 119 Å². The highest BCUT2D eigenvalue weighted by atomic mass is 14.2. The van der Waals surface area contributed by atoms with E-state index in [0.29, 0.717) is 11.8 Å². The SMILES string of the molecule is C=C=C(C)Cc1c(C(C)C)cc(CC)cc1C(C)C. The third-order valence-electron chi connectivity index (χ3n) is 3.77. The molecule has 0 fully saturated rings. The summed E-state index contributed by atoms with van der Waals surface area (Å²) >= 11 is 0. The molecular weight excluding hydrogens is 228 g/mol. The number of benzene rings is 1. The van der Waals surface area contributed by atoms with Crippen LogP contribution in [-0.4, -0.2) is 0 Å². The summed E-state index contributed by atoms with van der Waals surface area (Å²) < 4.78 is 0. The van der Waals surface area contributed by atoms with Crippen molar-refractivity contribution in [3.8, 4) is 0 Å². The molecule has 0 saturated carbocycles. The van der Waals surface area contributed by atoms with Gasteiger partial charge in [-0.1, -0.05) is 53.3 Å². The molecule has 0 nitrogen and oxygen atoms in total. The molecular formula is C19H28. The van der Waals surface area contributed by atoms with Crippen molar-refractivity contribution in [1.82, 2.24) is 0 Å². The van der Waals surface area contributed by atoms with Crippen LogP contribution in [0.15, 0.2) is 30.0 Å². The van der Waals surface area contributed by atoms with Crippen molar-refractivity contribution >= 4 is 0 Å². The summed E-state index contributed by atoms with van der Waals surface area (Å²) in [6.45, 7) is 17.3. The van der Waals surface area contributed by atoms with Crippen molar-refractivity contribution in [2.45, 2.75) is 66.2 Å². The number of hydrogen-bond acceptors (Lipinski definition) is 0. The Morgan fingerprint density at radius 2 is 1.58 bits per heavy atom. The van der Waals surface area contributed by atoms with Crippen LogP contribution in [0, 0.1) is 0 Å². The van der Waals surface area contributed by atoms with Crippen LogP contribution in [0.25, 0.3) is 0 Å². The number of aryl methyl sites for hydroxylation is 1. The van der Waals surface area contributed by atoms with E-state index in [1.54, 1.807) is 0 Å². The average molecular weight is 256 g/mol. The Kier molecular flexibility index (Phi) is 5.63. The van der Waals surface area contributed by atoms with Crippen LogP contribution < -0.4 is 0 Å². The lowest BCUT2D eigenvalue weighted by Crippen LogP contribution is -2.06. The van der Waals surface area contributed by atoms with E-state index in [2.05, 4.69) is 66.0 Å². The molecule has 0 heteroatoms. The minimum absolute atomic E-state index is 0.566. The average Bonchev–Trinajstić information content (AvgIpc) is 2.37. The summed E-state index contributed by atoms with van der Waals surface area (Å²) in [5, 5.41) is 0. The van der Waals surface area contributed by atoms with Gasteiger partial charge in [-0.2, -0.15) is 0 Å². The van der Waals surface area contributed by atoms with Crippen LogP contribution in [0.5, 0.6) is 0 Å². The molecule has 0 atom stereocenters. The first kappa shape index (κ1) is 15.8. The zero-order valence-electron chi connectivity index (χ0n) is 13.4. The van der Waals surface area contributed by atoms with Gasteiger partial charge in [0.1, 0.15) is 0 Å². The normalized spacial score (nSPS) is 10.9. The smallest absolute Gasteiger partial charge is 0.00118 e. The van der Waals surface area contributed by atoms with E-state index in [0.717, 1.165) is 12.8 Å². The highest BCUT2D eigenvalue weighted by molar-refractivity contribution is 5.44. The summed E-state index contributed by atoms with van der Waals surface area (Å²) in [7, 11) is 0. The molecule has 104 valence electrons. The monoisotopic (exact) mass is 256 g/mol. The van der Waals surface area contributed by atoms with E-state index in [1.807, 2.05) is 0 Å². The molecule has 1 rings (SSSR count). The third kappa shape index (κ3) is 3.85. The summed E-state index contributed by atoms with van der Waals surface area (Å²) in [6.07, 6.45) is 2.09. The van der Waals surface area contributed by atoms with Crippen molar-refractivity contribution < 1.29 is 0 Å². The lowest BCUT2D eigenvalue weighted by atomic mass is 9.84. The van der Waals surface area contributed by atoms with Gasteiger partial charge in [-0.05, 0) is 53.0 Å². The molecule has 0 aliphatic rings. The zero-order valence-corrected chi connectivity index (χ0v) is 13.4. The van der Waals surface area contributed by atoms with Gasteiger partial charge in [0.05, 0.1) is 0 Å². The molecule has 0 aliphatic carbocycles. The zero-order chi connectivity index (χ0) is 14.6. The second kappa shape index (κ2) is 6.78. The van der Waals surface area contributed by atoms with Gasteiger partial charge in [-0.15, -0.1) is 5.73 Å². The molecule has 0 aliphatic heterocycles. The van der Waals surface area contributed by atoms with Gasteiger partial charge >= 0.3 is 0 Å². The molecule has 1 aromatic rings. The first-order valence-electron chi connectivity index (χ1n) is 7.41. The maximum Gasteiger partial charge on any atom is 0.00118 e. The van der Waals surface area contributed by atoms with Gasteiger partial charge in [-0.3, -0.25) is 0 Å². The number of hydrogen-bond donors (Lipinski definition) is 0. The Morgan fingerprint density at radius 1 is 1.11 bits per heavy atom. The highest BCUT2D eigenvalue weighted by Gasteiger charge is 2.15. The quantitative estimate of drug-likeness (QED) is 0.587. The van der Waals surface area contributed by atoms with Gasteiger partial charge < -0.3 is 0 Å². The topological polar surface area (TPSA) is 0 Å². The van der Waals surface area contributed by atoms with E-state index in [9.17, 15) is 0 Å². The molecule has 0 aromatic heterocycles. The van der Waals surface area contributed by atoms with Crippen molar-refractivity contribution in [2.75, 3.05) is 0 Å². The molecule has 0 heterocycles. The van der Waals surface area contributed by atoms with Crippen molar-refractivity contribution in [2.24, 2.45) is 0 Å². The van der Waals surface area contributed by atoms with Crippen LogP contribution in [0.1, 0.15) is 75.6 Å². The second-order valence-electron chi connectivity index (χ2n) is 6.05. The van der Waals surface area contributed by atoms with Crippen LogP contribution in [0.4, 0.5) is 0 Å². The Bertz CT molecular complexity index is 454. The van der Waals surface area contributed by atoms with Crippen LogP contribution >= 0.6 is 0 Å². The number of allylic oxidation sites excluding steroid dienone is 1. The van der Waals surface area contributed by atoms with Gasteiger partial charge in [0.2, 0.25) is 0 Å². The van der Waals surface area contributed by atoms with Crippen molar-refractivity contribution in [3.63, 3.8) is 0 Å². The lowest BCUT2D eigenvalue weighted by molar-refractivity contribution is 0.798. The molecule has 0 radical (unpaired) electrons. The van der Waals surface area contributed by atoms with E-state index in [-0.39, 0.29) is 0 Å². The molecule has 0 bridgehead atoms. The largest absolute Gasteiger partial charge is 0.130 e. The van der Waals surface area contributed by atoms with Gasteiger partial charge in [-0.25, -0.2) is 0 Å². The summed E-state index contributed by atoms with van der Waals surface area (Å²) in [4.78, 5) is 0. The van der Waals surface area contributed by atoms with E-state index in [4.69, 9.17) is 0 Å². The fourth-order valence-corrected chi connectivity index (χ4v) is 2.55. The first-order valence-corrected chi connectivity index (χ1v) is 7.41. The molecule has 1 aromatic carbocycles. The maximum absolute atomic E-state index is 3.78. The fraction of sp³-hybridized carbons (Fsp3) is 0.526. The lowest BCUT2D eigenvalue weighted by Gasteiger charge is -2.21. The molecule has 19 heavy (non-hydrogen) atoms. The molecule has 0 amide bonds. The van der Waals surface area contributed by atoms with Crippen LogP contribution in [0.3, 0.4) is 0 Å². The Hall–Kier alpha value is -1.26. The minimum Gasteiger partial charge on any atom is -0.130 e. The van der Waals surface area contributed by atoms with Gasteiger partial charge in [0.15, 0.2) is 0 Å². The van der Waals surface area contributed by atoms with Gasteiger partial charge in [0, 0.05) is 6.42 Å². The predicted molar refractivity (Wildman–Crippen MR) is 86.0 cm³/mol. The van der Waals surface area contributed by atoms with E-state index >= 15 is 0 Å². The second-order valence-corrected chi connectivity index (χ2v) is 6.05. The Morgan fingerprint density at radius 3 is 1.89 bits per heavy atom. The van der Waals surface area contributed by atoms with Crippen molar-refractivity contribution in [1.29, 1.82) is 0 Å². The predicted octanol–water partition coefficient (Wildman–Crippen LogP) is 5.77. The maximum atomic E-state index is 3.78. The molecule has 0 saturated heterocycles. The standard InChI is InChI=1S/C19H28/c1-8-15(7)10-19-17(13(3)4)11-16(9-2)12-18(19)14(5)6/h11-14H,1,9-10H2,2-7H3. The fourth-order valence-electron chi connectivity index (χ4n) is 2.55. The third-order valence-corrected chi connectivity index (χ3v) is 3.77. The first-order chi connectivity index (χ1) is 8.90. The summed E-state index contributed by atoms with van der Waals surface area (Å²) in [5.41, 5.74) is 10.2. The molecule has 0 N–H and O–H groups in total. The highest BCUT2D eigenvalue weighted by Crippen LogP contribution is 2.31. The number of rotatable bonds is 5. The van der Waals surface area contributed by atoms with Crippen molar-refractivity contribution in [3.05, 3.63) is 52.3 Å². The van der Waals surface area contributed by atoms with Crippen LogP contribution in [0.2, 0.25) is 0 Å². The summed E-state index contributed by atoms with van der Waals surface area (Å²) in [5.74, 6) is 1.13. The Balaban J connectivity index is 3.48.